The fourth-order valence-corrected chi connectivity index (χ4v) is 5.28. The Kier molecular flexibility index (Phi) is 4.40. The van der Waals surface area contributed by atoms with Gasteiger partial charge in [-0.25, -0.2) is 14.7 Å². The molecule has 0 bridgehead atoms. The number of likely N-dealkylation sites (tertiary alicyclic amines) is 1. The molecule has 0 unspecified atom stereocenters. The highest BCUT2D eigenvalue weighted by atomic mass is 32.1. The van der Waals surface area contributed by atoms with Crippen molar-refractivity contribution in [2.24, 2.45) is 0 Å². The number of imide groups is 1. The van der Waals surface area contributed by atoms with Crippen LogP contribution in [0.3, 0.4) is 0 Å². The van der Waals surface area contributed by atoms with Crippen molar-refractivity contribution in [3.05, 3.63) is 53.4 Å². The minimum atomic E-state index is -1.14. The summed E-state index contributed by atoms with van der Waals surface area (Å²) in [5.41, 5.74) is -0.0774. The molecule has 0 saturated carbocycles. The number of benzene rings is 1. The zero-order chi connectivity index (χ0) is 20.0. The summed E-state index contributed by atoms with van der Waals surface area (Å²) in [6.45, 7) is 3.64. The van der Waals surface area contributed by atoms with E-state index in [9.17, 15) is 9.59 Å². The first-order chi connectivity index (χ1) is 14.0. The Balaban J connectivity index is 1.24. The molecule has 2 saturated heterocycles. The van der Waals surface area contributed by atoms with E-state index in [1.54, 1.807) is 30.4 Å². The van der Waals surface area contributed by atoms with Gasteiger partial charge >= 0.3 is 6.03 Å². The van der Waals surface area contributed by atoms with E-state index in [1.165, 1.54) is 20.9 Å². The third-order valence-electron chi connectivity index (χ3n) is 5.88. The number of thiazole rings is 1. The van der Waals surface area contributed by atoms with Crippen LogP contribution >= 0.6 is 11.3 Å². The Morgan fingerprint density at radius 2 is 2.00 bits per heavy atom. The topological polar surface area (TPSA) is 78.7 Å². The van der Waals surface area contributed by atoms with Gasteiger partial charge in [-0.2, -0.15) is 0 Å². The first-order valence-electron chi connectivity index (χ1n) is 9.80. The largest absolute Gasteiger partial charge is 0.466 e. The molecule has 2 fully saturated rings. The summed E-state index contributed by atoms with van der Waals surface area (Å²) >= 11 is 1.77. The third kappa shape index (κ3) is 3.12. The smallest absolute Gasteiger partial charge is 0.326 e. The number of urea groups is 1. The number of carbonyl (C=O) groups is 2. The van der Waals surface area contributed by atoms with Crippen molar-refractivity contribution in [2.75, 3.05) is 19.8 Å². The molecule has 2 aliphatic rings. The molecule has 150 valence electrons. The van der Waals surface area contributed by atoms with Gasteiger partial charge in [0.25, 0.3) is 5.91 Å². The van der Waals surface area contributed by atoms with Gasteiger partial charge in [-0.15, -0.1) is 11.3 Å². The van der Waals surface area contributed by atoms with Gasteiger partial charge in [-0.05, 0) is 44.0 Å². The number of carbonyl (C=O) groups excluding carboxylic acids is 2. The van der Waals surface area contributed by atoms with Crippen LogP contribution in [0.1, 0.15) is 36.5 Å². The lowest BCUT2D eigenvalue weighted by atomic mass is 9.97. The van der Waals surface area contributed by atoms with Gasteiger partial charge in [-0.1, -0.05) is 12.1 Å². The zero-order valence-corrected chi connectivity index (χ0v) is 16.9. The summed E-state index contributed by atoms with van der Waals surface area (Å²) < 4.78 is 6.61. The highest BCUT2D eigenvalue weighted by Gasteiger charge is 2.51. The second-order valence-electron chi connectivity index (χ2n) is 7.82. The molecule has 3 amide bonds. The van der Waals surface area contributed by atoms with E-state index >= 15 is 0 Å². The lowest BCUT2D eigenvalue weighted by molar-refractivity contribution is -0.133. The number of para-hydroxylation sites is 1. The maximum Gasteiger partial charge on any atom is 0.326 e. The zero-order valence-electron chi connectivity index (χ0n) is 16.1. The van der Waals surface area contributed by atoms with Crippen LogP contribution in [0.5, 0.6) is 0 Å². The molecular weight excluding hydrogens is 388 g/mol. The monoisotopic (exact) mass is 410 g/mol. The highest BCUT2D eigenvalue weighted by Crippen LogP contribution is 2.34. The number of nitrogens with zero attached hydrogens (tertiary/aromatic N) is 3. The summed E-state index contributed by atoms with van der Waals surface area (Å²) in [6, 6.07) is 11.3. The molecule has 0 radical (unpaired) electrons. The summed E-state index contributed by atoms with van der Waals surface area (Å²) in [7, 11) is 0. The minimum absolute atomic E-state index is 0.272. The number of aromatic nitrogens is 1. The number of fused-ring (bicyclic) bond motifs is 1. The molecule has 1 aromatic carbocycles. The summed E-state index contributed by atoms with van der Waals surface area (Å²) in [6.07, 6.45) is 3.45. The Morgan fingerprint density at radius 3 is 2.72 bits per heavy atom. The predicted octanol–water partition coefficient (Wildman–Crippen LogP) is 3.49. The molecule has 1 atom stereocenters. The number of piperidine rings is 1. The lowest BCUT2D eigenvalue weighted by Gasteiger charge is -2.33. The molecule has 7 nitrogen and oxygen atoms in total. The molecule has 29 heavy (non-hydrogen) atoms. The number of hydrogen-bond donors (Lipinski definition) is 1. The number of nitrogens with one attached hydrogen (secondary N) is 1. The predicted molar refractivity (Wildman–Crippen MR) is 109 cm³/mol. The summed E-state index contributed by atoms with van der Waals surface area (Å²) in [4.78, 5) is 33.7. The highest BCUT2D eigenvalue weighted by molar-refractivity contribution is 7.18. The van der Waals surface area contributed by atoms with Gasteiger partial charge in [-0.3, -0.25) is 9.69 Å². The van der Waals surface area contributed by atoms with Gasteiger partial charge in [0.2, 0.25) is 0 Å². The van der Waals surface area contributed by atoms with E-state index in [1.807, 2.05) is 12.1 Å². The SMILES string of the molecule is C[C@]1(c2ccco2)NC(=O)N(CN2CCC(c3nc4ccccc4s3)CC2)C1=O. The van der Waals surface area contributed by atoms with Crippen LogP contribution in [0.4, 0.5) is 4.79 Å². The lowest BCUT2D eigenvalue weighted by Crippen LogP contribution is -2.45. The Morgan fingerprint density at radius 1 is 1.21 bits per heavy atom. The van der Waals surface area contributed by atoms with E-state index < -0.39 is 5.54 Å². The molecule has 0 aliphatic carbocycles. The second kappa shape index (κ2) is 6.96. The van der Waals surface area contributed by atoms with Crippen LogP contribution in [0.25, 0.3) is 10.2 Å². The first-order valence-corrected chi connectivity index (χ1v) is 10.6. The van der Waals surface area contributed by atoms with Crippen molar-refractivity contribution >= 4 is 33.5 Å². The normalized spacial score (nSPS) is 23.8. The molecular formula is C21H22N4O3S. The fraction of sp³-hybridized carbons (Fsp3) is 0.381. The van der Waals surface area contributed by atoms with Crippen molar-refractivity contribution in [3.63, 3.8) is 0 Å². The standard InChI is InChI=1S/C21H22N4O3S/c1-21(17-7-4-12-28-17)19(26)25(20(27)23-21)13-24-10-8-14(9-11-24)18-22-15-5-2-3-6-16(15)29-18/h2-7,12,14H,8-11,13H2,1H3,(H,23,27)/t21-/m1/s1. The summed E-state index contributed by atoms with van der Waals surface area (Å²) in [5.74, 6) is 0.610. The molecule has 5 rings (SSSR count). The van der Waals surface area contributed by atoms with Crippen molar-refractivity contribution in [1.29, 1.82) is 0 Å². The van der Waals surface area contributed by atoms with Crippen LogP contribution in [-0.4, -0.2) is 46.5 Å². The number of rotatable bonds is 4. The van der Waals surface area contributed by atoms with Gasteiger partial charge < -0.3 is 9.73 Å². The molecule has 0 spiro atoms. The van der Waals surface area contributed by atoms with E-state index in [0.29, 0.717) is 18.3 Å². The average Bonchev–Trinajstić information content (AvgIpc) is 3.45. The van der Waals surface area contributed by atoms with Crippen LogP contribution < -0.4 is 5.32 Å². The number of furan rings is 1. The minimum Gasteiger partial charge on any atom is -0.466 e. The van der Waals surface area contributed by atoms with Crippen LogP contribution in [0.2, 0.25) is 0 Å². The number of hydrogen-bond acceptors (Lipinski definition) is 6. The Hall–Kier alpha value is -2.71. The average molecular weight is 410 g/mol. The van der Waals surface area contributed by atoms with E-state index in [4.69, 9.17) is 9.40 Å². The quantitative estimate of drug-likeness (QED) is 0.666. The van der Waals surface area contributed by atoms with E-state index in [0.717, 1.165) is 31.4 Å². The van der Waals surface area contributed by atoms with Gasteiger partial charge in [0.1, 0.15) is 5.76 Å². The molecule has 8 heteroatoms. The molecule has 2 aromatic heterocycles. The fourth-order valence-electron chi connectivity index (χ4n) is 4.14. The van der Waals surface area contributed by atoms with Crippen molar-refractivity contribution in [1.82, 2.24) is 20.1 Å². The summed E-state index contributed by atoms with van der Waals surface area (Å²) in [5, 5.41) is 3.97. The second-order valence-corrected chi connectivity index (χ2v) is 8.88. The Labute approximate surface area is 172 Å². The van der Waals surface area contributed by atoms with Crippen LogP contribution in [0.15, 0.2) is 47.1 Å². The van der Waals surface area contributed by atoms with E-state index in [-0.39, 0.29) is 11.9 Å². The van der Waals surface area contributed by atoms with Gasteiger partial charge in [0.15, 0.2) is 5.54 Å². The third-order valence-corrected chi connectivity index (χ3v) is 7.08. The number of amides is 3. The molecule has 4 heterocycles. The van der Waals surface area contributed by atoms with E-state index in [2.05, 4.69) is 22.3 Å². The van der Waals surface area contributed by atoms with Crippen LogP contribution in [0, 0.1) is 0 Å². The maximum absolute atomic E-state index is 12.9. The Bertz CT molecular complexity index is 1020. The van der Waals surface area contributed by atoms with Crippen molar-refractivity contribution < 1.29 is 14.0 Å². The van der Waals surface area contributed by atoms with Gasteiger partial charge in [0, 0.05) is 19.0 Å². The van der Waals surface area contributed by atoms with Crippen molar-refractivity contribution in [2.45, 2.75) is 31.2 Å². The molecule has 3 aromatic rings. The maximum atomic E-state index is 12.9. The molecule has 1 N–H and O–H groups in total. The van der Waals surface area contributed by atoms with Crippen molar-refractivity contribution in [3.8, 4) is 0 Å². The van der Waals surface area contributed by atoms with Gasteiger partial charge in [0.05, 0.1) is 28.2 Å². The van der Waals surface area contributed by atoms with Crippen LogP contribution in [-0.2, 0) is 10.3 Å². The first kappa shape index (κ1) is 18.3. The molecule has 2 aliphatic heterocycles.